The van der Waals surface area contributed by atoms with Crippen molar-refractivity contribution in [2.75, 3.05) is 18.1 Å². The molecular formula is C17H24N4O6. The van der Waals surface area contributed by atoms with Gasteiger partial charge in [0.2, 0.25) is 0 Å². The zero-order valence-electron chi connectivity index (χ0n) is 13.0. The Kier molecular flexibility index (Phi) is 11.0. The number of hydrogen-bond donors (Lipinski definition) is 3. The molecule has 0 amide bonds. The van der Waals surface area contributed by atoms with Crippen molar-refractivity contribution < 1.29 is 19.7 Å². The van der Waals surface area contributed by atoms with Crippen molar-refractivity contribution in [3.8, 4) is 11.5 Å². The van der Waals surface area contributed by atoms with Crippen LogP contribution >= 0.6 is 0 Å². The van der Waals surface area contributed by atoms with Gasteiger partial charge < -0.3 is 21.3 Å². The van der Waals surface area contributed by atoms with Crippen LogP contribution in [0.25, 0.3) is 0 Å². The van der Waals surface area contributed by atoms with Crippen LogP contribution in [0.15, 0.2) is 49.1 Å². The first-order chi connectivity index (χ1) is 11.8. The van der Waals surface area contributed by atoms with Gasteiger partial charge >= 0.3 is 0 Å². The van der Waals surface area contributed by atoms with Crippen LogP contribution < -0.4 is 16.2 Å². The second-order valence-electron chi connectivity index (χ2n) is 4.58. The lowest BCUT2D eigenvalue weighted by Crippen LogP contribution is -1.98. The van der Waals surface area contributed by atoms with Gasteiger partial charge in [-0.15, -0.1) is 0 Å². The first kappa shape index (κ1) is 25.4. The van der Waals surface area contributed by atoms with E-state index in [1.807, 2.05) is 0 Å². The van der Waals surface area contributed by atoms with Gasteiger partial charge in [-0.2, -0.15) is 0 Å². The third-order valence-corrected chi connectivity index (χ3v) is 2.78. The van der Waals surface area contributed by atoms with Crippen LogP contribution in [0.5, 0.6) is 11.5 Å². The van der Waals surface area contributed by atoms with Gasteiger partial charge in [0.15, 0.2) is 0 Å². The summed E-state index contributed by atoms with van der Waals surface area (Å²) < 4.78 is 5.12. The number of nitro benzene ring substituents is 2. The van der Waals surface area contributed by atoms with Crippen molar-refractivity contribution in [2.45, 2.75) is 14.9 Å². The van der Waals surface area contributed by atoms with E-state index in [1.165, 1.54) is 24.3 Å². The monoisotopic (exact) mass is 380 g/mol. The summed E-state index contributed by atoms with van der Waals surface area (Å²) in [5.74, 6) is 0.247. The molecular weight excluding hydrogens is 356 g/mol. The summed E-state index contributed by atoms with van der Waals surface area (Å²) in [6, 6.07) is 7.90. The third-order valence-electron chi connectivity index (χ3n) is 2.78. The van der Waals surface area contributed by atoms with Crippen molar-refractivity contribution in [1.29, 1.82) is 0 Å². The van der Waals surface area contributed by atoms with E-state index in [0.717, 1.165) is 6.07 Å². The first-order valence-corrected chi connectivity index (χ1v) is 6.76. The Balaban J connectivity index is 0. The molecule has 0 fully saturated rings. The number of nitrogens with zero attached hydrogens (tertiary/aromatic N) is 2. The number of phenols is 1. The van der Waals surface area contributed by atoms with Crippen molar-refractivity contribution in [2.24, 2.45) is 0 Å². The second kappa shape index (κ2) is 11.7. The second-order valence-corrected chi connectivity index (χ2v) is 4.58. The number of nitrogen functional groups attached to an aromatic ring is 2. The molecule has 0 aliphatic heterocycles. The summed E-state index contributed by atoms with van der Waals surface area (Å²) in [6.45, 7) is 3.77. The number of aromatic hydroxyl groups is 1. The van der Waals surface area contributed by atoms with Crippen molar-refractivity contribution in [3.63, 3.8) is 0 Å². The number of hydrogen-bond acceptors (Lipinski definition) is 8. The Morgan fingerprint density at radius 1 is 1.00 bits per heavy atom. The van der Waals surface area contributed by atoms with Gasteiger partial charge in [0.25, 0.3) is 11.4 Å². The molecule has 0 saturated carbocycles. The van der Waals surface area contributed by atoms with E-state index >= 15 is 0 Å². The molecule has 2 aromatic rings. The van der Waals surface area contributed by atoms with E-state index < -0.39 is 9.85 Å². The molecule has 10 heteroatoms. The largest absolute Gasteiger partial charge is 0.508 e. The summed E-state index contributed by atoms with van der Waals surface area (Å²) in [5.41, 5.74) is 10.4. The Morgan fingerprint density at radius 3 is 1.93 bits per heavy atom. The van der Waals surface area contributed by atoms with Crippen molar-refractivity contribution in [3.05, 3.63) is 69.3 Å². The van der Waals surface area contributed by atoms with Crippen LogP contribution in [0.2, 0.25) is 0 Å². The van der Waals surface area contributed by atoms with Crippen LogP contribution in [0, 0.1) is 20.2 Å². The van der Waals surface area contributed by atoms with Gasteiger partial charge in [-0.1, -0.05) is 27.5 Å². The Bertz CT molecular complexity index is 795. The topological polar surface area (TPSA) is 168 Å². The van der Waals surface area contributed by atoms with Crippen molar-refractivity contribution >= 4 is 22.7 Å². The third kappa shape index (κ3) is 7.73. The highest BCUT2D eigenvalue weighted by molar-refractivity contribution is 5.61. The lowest BCUT2D eigenvalue weighted by molar-refractivity contribution is -0.384. The molecule has 5 N–H and O–H groups in total. The quantitative estimate of drug-likeness (QED) is 0.231. The van der Waals surface area contributed by atoms with E-state index in [2.05, 4.69) is 6.58 Å². The zero-order chi connectivity index (χ0) is 19.0. The fourth-order valence-electron chi connectivity index (χ4n) is 1.62. The maximum Gasteiger partial charge on any atom is 0.295 e. The molecule has 0 spiro atoms. The van der Waals surface area contributed by atoms with Gasteiger partial charge in [0.1, 0.15) is 29.5 Å². The summed E-state index contributed by atoms with van der Waals surface area (Å²) in [4.78, 5) is 19.5. The van der Waals surface area contributed by atoms with Gasteiger partial charge in [0, 0.05) is 0 Å². The zero-order valence-corrected chi connectivity index (χ0v) is 13.0. The molecule has 0 aliphatic carbocycles. The number of anilines is 2. The van der Waals surface area contributed by atoms with E-state index in [-0.39, 0.29) is 43.4 Å². The standard InChI is InChI=1S/C9H10N2O3.C6H6N2O3.2CH4/c1-2-5-14-7-3-4-8(10)9(6-7)11(12)13;7-5-2-1-4(9)3-6(5)8(10)11;;/h2-4,6H,1,5,10H2;1-3,9H,7H2;2*1H4. The summed E-state index contributed by atoms with van der Waals surface area (Å²) >= 11 is 0. The minimum Gasteiger partial charge on any atom is -0.508 e. The van der Waals surface area contributed by atoms with Crippen LogP contribution in [-0.4, -0.2) is 21.6 Å². The molecule has 0 saturated heterocycles. The molecule has 2 rings (SSSR count). The van der Waals surface area contributed by atoms with Gasteiger partial charge in [0.05, 0.1) is 22.0 Å². The number of phenolic OH excluding ortho intramolecular Hbond substituents is 1. The molecule has 0 atom stereocenters. The van der Waals surface area contributed by atoms with E-state index in [4.69, 9.17) is 21.3 Å². The average molecular weight is 380 g/mol. The molecule has 0 unspecified atom stereocenters. The molecule has 148 valence electrons. The maximum absolute atomic E-state index is 10.5. The minimum atomic E-state index is -0.644. The summed E-state index contributed by atoms with van der Waals surface area (Å²) in [7, 11) is 0. The summed E-state index contributed by atoms with van der Waals surface area (Å²) in [5, 5.41) is 29.5. The van der Waals surface area contributed by atoms with Crippen LogP contribution in [0.4, 0.5) is 22.7 Å². The molecule has 0 heterocycles. The Hall–Kier alpha value is -3.82. The smallest absolute Gasteiger partial charge is 0.295 e. The van der Waals surface area contributed by atoms with E-state index in [9.17, 15) is 20.2 Å². The Morgan fingerprint density at radius 2 is 1.48 bits per heavy atom. The van der Waals surface area contributed by atoms with Crippen LogP contribution in [0.1, 0.15) is 14.9 Å². The van der Waals surface area contributed by atoms with Gasteiger partial charge in [-0.25, -0.2) is 0 Å². The predicted molar refractivity (Wildman–Crippen MR) is 106 cm³/mol. The normalized spacial score (nSPS) is 8.74. The van der Waals surface area contributed by atoms with Crippen molar-refractivity contribution in [1.82, 2.24) is 0 Å². The SMILES string of the molecule is C.C.C=CCOc1ccc(N)c([N+](=O)[O-])c1.Nc1ccc(O)cc1[N+](=O)[O-]. The highest BCUT2D eigenvalue weighted by Crippen LogP contribution is 2.26. The molecule has 27 heavy (non-hydrogen) atoms. The van der Waals surface area contributed by atoms with E-state index in [1.54, 1.807) is 12.1 Å². The lowest BCUT2D eigenvalue weighted by Gasteiger charge is -2.03. The summed E-state index contributed by atoms with van der Waals surface area (Å²) in [6.07, 6.45) is 1.56. The fourth-order valence-corrected chi connectivity index (χ4v) is 1.62. The molecule has 2 aromatic carbocycles. The molecule has 0 radical (unpaired) electrons. The number of nitrogens with two attached hydrogens (primary N) is 2. The number of rotatable bonds is 5. The predicted octanol–water partition coefficient (Wildman–Crippen LogP) is 3.90. The molecule has 0 aliphatic rings. The van der Waals surface area contributed by atoms with Crippen LogP contribution in [-0.2, 0) is 0 Å². The fraction of sp³-hybridized carbons (Fsp3) is 0.176. The molecule has 0 aromatic heterocycles. The maximum atomic E-state index is 10.5. The number of benzene rings is 2. The average Bonchev–Trinajstić information content (AvgIpc) is 2.56. The van der Waals surface area contributed by atoms with Gasteiger partial charge in [-0.3, -0.25) is 20.2 Å². The van der Waals surface area contributed by atoms with Crippen LogP contribution in [0.3, 0.4) is 0 Å². The first-order valence-electron chi connectivity index (χ1n) is 6.76. The molecule has 0 bridgehead atoms. The number of ether oxygens (including phenoxy) is 1. The van der Waals surface area contributed by atoms with E-state index in [0.29, 0.717) is 12.4 Å². The molecule has 10 nitrogen and oxygen atoms in total. The Labute approximate surface area is 157 Å². The highest BCUT2D eigenvalue weighted by Gasteiger charge is 2.12. The lowest BCUT2D eigenvalue weighted by atomic mass is 10.2. The minimum absolute atomic E-state index is 0. The van der Waals surface area contributed by atoms with Gasteiger partial charge in [-0.05, 0) is 24.3 Å². The number of nitro groups is 2. The highest BCUT2D eigenvalue weighted by atomic mass is 16.6.